The van der Waals surface area contributed by atoms with Crippen LogP contribution in [0.15, 0.2) is 35.4 Å². The van der Waals surface area contributed by atoms with Crippen LogP contribution in [-0.4, -0.2) is 19.7 Å². The number of nitrogens with zero attached hydrogens (tertiary/aromatic N) is 4. The maximum atomic E-state index is 5.24. The summed E-state index contributed by atoms with van der Waals surface area (Å²) in [6.07, 6.45) is 5.36. The van der Waals surface area contributed by atoms with Gasteiger partial charge < -0.3 is 9.09 Å². The lowest BCUT2D eigenvalue weighted by atomic mass is 10.0. The molecule has 0 radical (unpaired) electrons. The summed E-state index contributed by atoms with van der Waals surface area (Å²) in [6.45, 7) is 3.83. The standard InChI is InChI=1S/C14H14N4O/c1-9-12(10(2)19-17-9)13-14(18(3)8-16-13)11-4-6-15-7-5-11/h4-8H,1-3H3. The lowest BCUT2D eigenvalue weighted by molar-refractivity contribution is 0.393. The van der Waals surface area contributed by atoms with E-state index < -0.39 is 0 Å². The van der Waals surface area contributed by atoms with Crippen LogP contribution >= 0.6 is 0 Å². The molecule has 3 heterocycles. The zero-order valence-corrected chi connectivity index (χ0v) is 11.1. The minimum Gasteiger partial charge on any atom is -0.361 e. The molecule has 3 rings (SSSR count). The van der Waals surface area contributed by atoms with Crippen LogP contribution < -0.4 is 0 Å². The van der Waals surface area contributed by atoms with Gasteiger partial charge in [0.2, 0.25) is 0 Å². The van der Waals surface area contributed by atoms with Gasteiger partial charge in [-0.15, -0.1) is 0 Å². The van der Waals surface area contributed by atoms with E-state index >= 15 is 0 Å². The molecule has 3 aromatic heterocycles. The Kier molecular flexibility index (Phi) is 2.67. The molecule has 0 saturated heterocycles. The van der Waals surface area contributed by atoms with Gasteiger partial charge in [0.1, 0.15) is 11.5 Å². The molecule has 3 aromatic rings. The highest BCUT2D eigenvalue weighted by atomic mass is 16.5. The van der Waals surface area contributed by atoms with Crippen LogP contribution in [0.5, 0.6) is 0 Å². The Morgan fingerprint density at radius 1 is 1.16 bits per heavy atom. The maximum Gasteiger partial charge on any atom is 0.143 e. The molecule has 0 unspecified atom stereocenters. The normalized spacial score (nSPS) is 10.9. The molecule has 0 aliphatic heterocycles. The van der Waals surface area contributed by atoms with E-state index in [9.17, 15) is 0 Å². The van der Waals surface area contributed by atoms with Crippen molar-refractivity contribution in [2.24, 2.45) is 7.05 Å². The number of hydrogen-bond acceptors (Lipinski definition) is 4. The van der Waals surface area contributed by atoms with Crippen LogP contribution in [0.4, 0.5) is 0 Å². The fourth-order valence-electron chi connectivity index (χ4n) is 2.28. The first-order valence-electron chi connectivity index (χ1n) is 6.03. The van der Waals surface area contributed by atoms with Crippen molar-refractivity contribution in [3.8, 4) is 22.5 Å². The Morgan fingerprint density at radius 3 is 2.53 bits per heavy atom. The molecule has 5 nitrogen and oxygen atoms in total. The first-order chi connectivity index (χ1) is 9.18. The summed E-state index contributed by atoms with van der Waals surface area (Å²) in [6, 6.07) is 3.94. The highest BCUT2D eigenvalue weighted by molar-refractivity contribution is 5.80. The van der Waals surface area contributed by atoms with Crippen molar-refractivity contribution in [1.29, 1.82) is 0 Å². The van der Waals surface area contributed by atoms with Gasteiger partial charge in [0.15, 0.2) is 0 Å². The average Bonchev–Trinajstić information content (AvgIpc) is 2.94. The van der Waals surface area contributed by atoms with E-state index in [0.29, 0.717) is 0 Å². The molecule has 0 N–H and O–H groups in total. The van der Waals surface area contributed by atoms with Crippen molar-refractivity contribution in [2.45, 2.75) is 13.8 Å². The van der Waals surface area contributed by atoms with Gasteiger partial charge in [-0.05, 0) is 26.0 Å². The average molecular weight is 254 g/mol. The molecular formula is C14H14N4O. The first kappa shape index (κ1) is 11.6. The number of hydrogen-bond donors (Lipinski definition) is 0. The number of imidazole rings is 1. The largest absolute Gasteiger partial charge is 0.361 e. The summed E-state index contributed by atoms with van der Waals surface area (Å²) in [5, 5.41) is 4.00. The van der Waals surface area contributed by atoms with Crippen LogP contribution in [0, 0.1) is 13.8 Å². The Balaban J connectivity index is 2.26. The molecule has 0 saturated carbocycles. The van der Waals surface area contributed by atoms with Gasteiger partial charge in [-0.2, -0.15) is 0 Å². The summed E-state index contributed by atoms with van der Waals surface area (Å²) in [7, 11) is 1.98. The third-order valence-corrected chi connectivity index (χ3v) is 3.16. The van der Waals surface area contributed by atoms with Crippen LogP contribution in [0.2, 0.25) is 0 Å². The Hall–Kier alpha value is -2.43. The molecule has 5 heteroatoms. The second-order valence-electron chi connectivity index (χ2n) is 4.49. The topological polar surface area (TPSA) is 56.7 Å². The second-order valence-corrected chi connectivity index (χ2v) is 4.49. The zero-order valence-electron chi connectivity index (χ0n) is 11.1. The highest BCUT2D eigenvalue weighted by Gasteiger charge is 2.19. The molecule has 0 atom stereocenters. The molecule has 0 bridgehead atoms. The van der Waals surface area contributed by atoms with E-state index in [1.165, 1.54) is 0 Å². The van der Waals surface area contributed by atoms with Gasteiger partial charge in [-0.1, -0.05) is 5.16 Å². The molecule has 0 fully saturated rings. The number of rotatable bonds is 2. The number of pyridine rings is 1. The summed E-state index contributed by atoms with van der Waals surface area (Å²) in [5.74, 6) is 0.784. The monoisotopic (exact) mass is 254 g/mol. The quantitative estimate of drug-likeness (QED) is 0.705. The Labute approximate surface area is 110 Å². The van der Waals surface area contributed by atoms with Gasteiger partial charge in [0.25, 0.3) is 0 Å². The van der Waals surface area contributed by atoms with Crippen LogP contribution in [-0.2, 0) is 7.05 Å². The molecule has 0 aliphatic rings. The summed E-state index contributed by atoms with van der Waals surface area (Å²) >= 11 is 0. The molecule has 0 aromatic carbocycles. The van der Waals surface area contributed by atoms with E-state index in [1.54, 1.807) is 18.7 Å². The summed E-state index contributed by atoms with van der Waals surface area (Å²) in [4.78, 5) is 8.55. The molecule has 0 aliphatic carbocycles. The van der Waals surface area contributed by atoms with E-state index in [-0.39, 0.29) is 0 Å². The van der Waals surface area contributed by atoms with Crippen molar-refractivity contribution < 1.29 is 4.52 Å². The molecule has 19 heavy (non-hydrogen) atoms. The van der Waals surface area contributed by atoms with Crippen molar-refractivity contribution in [2.75, 3.05) is 0 Å². The van der Waals surface area contributed by atoms with Crippen LogP contribution in [0.1, 0.15) is 11.5 Å². The highest BCUT2D eigenvalue weighted by Crippen LogP contribution is 2.33. The van der Waals surface area contributed by atoms with E-state index in [2.05, 4.69) is 15.1 Å². The van der Waals surface area contributed by atoms with Gasteiger partial charge in [-0.3, -0.25) is 4.98 Å². The predicted octanol–water partition coefficient (Wildman–Crippen LogP) is 2.75. The van der Waals surface area contributed by atoms with E-state index in [4.69, 9.17) is 4.52 Å². The molecule has 0 spiro atoms. The SMILES string of the molecule is Cc1noc(C)c1-c1ncn(C)c1-c1ccncc1. The van der Waals surface area contributed by atoms with E-state index in [1.807, 2.05) is 37.6 Å². The van der Waals surface area contributed by atoms with Crippen molar-refractivity contribution in [3.05, 3.63) is 42.3 Å². The number of aromatic nitrogens is 4. The molecule has 0 amide bonds. The lowest BCUT2D eigenvalue weighted by Gasteiger charge is -2.05. The number of aryl methyl sites for hydroxylation is 3. The third-order valence-electron chi connectivity index (χ3n) is 3.16. The first-order valence-corrected chi connectivity index (χ1v) is 6.03. The zero-order chi connectivity index (χ0) is 13.4. The predicted molar refractivity (Wildman–Crippen MR) is 71.4 cm³/mol. The smallest absolute Gasteiger partial charge is 0.143 e. The molecule has 96 valence electrons. The second kappa shape index (κ2) is 4.35. The van der Waals surface area contributed by atoms with Crippen molar-refractivity contribution in [1.82, 2.24) is 19.7 Å². The van der Waals surface area contributed by atoms with Gasteiger partial charge in [0, 0.05) is 25.0 Å². The summed E-state index contributed by atoms with van der Waals surface area (Å²) < 4.78 is 7.23. The van der Waals surface area contributed by atoms with Gasteiger partial charge in [0.05, 0.1) is 23.3 Å². The summed E-state index contributed by atoms with van der Waals surface area (Å²) in [5.41, 5.74) is 4.82. The van der Waals surface area contributed by atoms with E-state index in [0.717, 1.165) is 34.0 Å². The third kappa shape index (κ3) is 1.83. The van der Waals surface area contributed by atoms with Gasteiger partial charge >= 0.3 is 0 Å². The maximum absolute atomic E-state index is 5.24. The van der Waals surface area contributed by atoms with Crippen molar-refractivity contribution in [3.63, 3.8) is 0 Å². The van der Waals surface area contributed by atoms with Crippen LogP contribution in [0.25, 0.3) is 22.5 Å². The minimum atomic E-state index is 0.784. The van der Waals surface area contributed by atoms with Crippen molar-refractivity contribution >= 4 is 0 Å². The Bertz CT molecular complexity index is 693. The fourth-order valence-corrected chi connectivity index (χ4v) is 2.28. The fraction of sp³-hybridized carbons (Fsp3) is 0.214. The Morgan fingerprint density at radius 2 is 1.89 bits per heavy atom. The minimum absolute atomic E-state index is 0.784. The lowest BCUT2D eigenvalue weighted by Crippen LogP contribution is -1.92. The molecular weight excluding hydrogens is 240 g/mol. The van der Waals surface area contributed by atoms with Gasteiger partial charge in [-0.25, -0.2) is 4.98 Å². The van der Waals surface area contributed by atoms with Crippen LogP contribution in [0.3, 0.4) is 0 Å².